The summed E-state index contributed by atoms with van der Waals surface area (Å²) in [5, 5.41) is 1.81. The van der Waals surface area contributed by atoms with E-state index >= 15 is 0 Å². The van der Waals surface area contributed by atoms with Crippen LogP contribution in [-0.4, -0.2) is 11.3 Å². The lowest BCUT2D eigenvalue weighted by Gasteiger charge is -2.05. The van der Waals surface area contributed by atoms with E-state index in [2.05, 4.69) is 48.6 Å². The maximum atomic E-state index is 11.1. The zero-order valence-corrected chi connectivity index (χ0v) is 17.3. The Hall–Kier alpha value is -3.23. The smallest absolute Gasteiger partial charge is 0.150 e. The molecule has 0 amide bonds. The molecule has 1 aromatic heterocycles. The molecule has 0 radical (unpaired) electrons. The van der Waals surface area contributed by atoms with Crippen molar-refractivity contribution < 1.29 is 4.79 Å². The first kappa shape index (κ1) is 20.1. The van der Waals surface area contributed by atoms with Crippen molar-refractivity contribution in [2.24, 2.45) is 0 Å². The van der Waals surface area contributed by atoms with Gasteiger partial charge in [0.15, 0.2) is 0 Å². The Labute approximate surface area is 181 Å². The topological polar surface area (TPSA) is 30.0 Å². The molecule has 0 spiro atoms. The van der Waals surface area contributed by atoms with Crippen LogP contribution in [0.3, 0.4) is 0 Å². The second-order valence-electron chi connectivity index (χ2n) is 7.31. The number of aldehydes is 1. The molecule has 0 N–H and O–H groups in total. The number of hydrogen-bond donors (Lipinski definition) is 0. The van der Waals surface area contributed by atoms with Gasteiger partial charge in [-0.05, 0) is 54.2 Å². The van der Waals surface area contributed by atoms with Crippen LogP contribution >= 0.6 is 11.6 Å². The molecule has 0 aliphatic rings. The second-order valence-corrected chi connectivity index (χ2v) is 7.74. The average molecular weight is 412 g/mol. The van der Waals surface area contributed by atoms with Gasteiger partial charge in [0, 0.05) is 21.7 Å². The Morgan fingerprint density at radius 2 is 1.73 bits per heavy atom. The number of carbonyl (C=O) groups excluding carboxylic acids is 1. The monoisotopic (exact) mass is 411 g/mol. The Balaban J connectivity index is 1.41. The van der Waals surface area contributed by atoms with Crippen molar-refractivity contribution in [1.82, 2.24) is 4.98 Å². The first-order valence-corrected chi connectivity index (χ1v) is 10.4. The SMILES string of the molecule is O=Cc1ccccc1CC=Cc1cccc(CCc2ccc3ccc(Cl)cc3n2)c1. The largest absolute Gasteiger partial charge is 0.298 e. The Morgan fingerprint density at radius 3 is 2.63 bits per heavy atom. The Morgan fingerprint density at radius 1 is 0.867 bits per heavy atom. The van der Waals surface area contributed by atoms with E-state index in [1.807, 2.05) is 42.5 Å². The van der Waals surface area contributed by atoms with Crippen molar-refractivity contribution in [1.29, 1.82) is 0 Å². The number of aryl methyl sites for hydroxylation is 2. The van der Waals surface area contributed by atoms with Crippen LogP contribution in [0.25, 0.3) is 17.0 Å². The second kappa shape index (κ2) is 9.51. The van der Waals surface area contributed by atoms with Crippen LogP contribution in [0.4, 0.5) is 0 Å². The highest BCUT2D eigenvalue weighted by atomic mass is 35.5. The van der Waals surface area contributed by atoms with E-state index in [1.54, 1.807) is 0 Å². The van der Waals surface area contributed by atoms with Gasteiger partial charge in [0.1, 0.15) is 6.29 Å². The fourth-order valence-electron chi connectivity index (χ4n) is 3.55. The maximum Gasteiger partial charge on any atom is 0.150 e. The molecule has 0 aliphatic heterocycles. The molecule has 0 saturated heterocycles. The zero-order valence-electron chi connectivity index (χ0n) is 16.6. The minimum atomic E-state index is 0.711. The third-order valence-corrected chi connectivity index (χ3v) is 5.40. The molecular formula is C27H22ClNO. The minimum absolute atomic E-state index is 0.711. The standard InChI is InChI=1S/C27H22ClNO/c28-25-14-12-23-13-16-26(29-27(23)18-25)15-11-21-6-3-5-20(17-21)7-4-10-22-8-1-2-9-24(22)19-30/h1-9,12-14,16-19H,10-11,15H2. The van der Waals surface area contributed by atoms with E-state index < -0.39 is 0 Å². The third-order valence-electron chi connectivity index (χ3n) is 5.16. The van der Waals surface area contributed by atoms with E-state index in [0.717, 1.165) is 58.8 Å². The summed E-state index contributed by atoms with van der Waals surface area (Å²) in [4.78, 5) is 15.9. The van der Waals surface area contributed by atoms with Crippen LogP contribution in [0.1, 0.15) is 32.7 Å². The van der Waals surface area contributed by atoms with Gasteiger partial charge >= 0.3 is 0 Å². The molecule has 3 heteroatoms. The number of fused-ring (bicyclic) bond motifs is 1. The van der Waals surface area contributed by atoms with Crippen LogP contribution in [0, 0.1) is 0 Å². The summed E-state index contributed by atoms with van der Waals surface area (Å²) >= 11 is 6.10. The van der Waals surface area contributed by atoms with Crippen LogP contribution in [0.2, 0.25) is 5.02 Å². The summed E-state index contributed by atoms with van der Waals surface area (Å²) in [6.45, 7) is 0. The van der Waals surface area contributed by atoms with E-state index in [9.17, 15) is 4.79 Å². The average Bonchev–Trinajstić information content (AvgIpc) is 2.78. The fourth-order valence-corrected chi connectivity index (χ4v) is 3.72. The van der Waals surface area contributed by atoms with Crippen LogP contribution in [0.15, 0.2) is 84.9 Å². The molecule has 2 nitrogen and oxygen atoms in total. The number of rotatable bonds is 7. The number of aromatic nitrogens is 1. The highest BCUT2D eigenvalue weighted by Gasteiger charge is 2.02. The predicted molar refractivity (Wildman–Crippen MR) is 125 cm³/mol. The number of nitrogens with zero attached hydrogens (tertiary/aromatic N) is 1. The number of halogens is 1. The van der Waals surface area contributed by atoms with Gasteiger partial charge in [-0.25, -0.2) is 0 Å². The molecule has 4 aromatic rings. The predicted octanol–water partition coefficient (Wildman–Crippen LogP) is 6.74. The van der Waals surface area contributed by atoms with Crippen molar-refractivity contribution >= 4 is 34.9 Å². The molecule has 148 valence electrons. The van der Waals surface area contributed by atoms with Gasteiger partial charge in [0.2, 0.25) is 0 Å². The molecule has 1 heterocycles. The molecule has 0 saturated carbocycles. The van der Waals surface area contributed by atoms with Gasteiger partial charge in [-0.15, -0.1) is 0 Å². The highest BCUT2D eigenvalue weighted by molar-refractivity contribution is 6.31. The van der Waals surface area contributed by atoms with Gasteiger partial charge in [-0.1, -0.05) is 84.4 Å². The Bertz CT molecular complexity index is 1210. The van der Waals surface area contributed by atoms with Crippen molar-refractivity contribution in [2.75, 3.05) is 0 Å². The highest BCUT2D eigenvalue weighted by Crippen LogP contribution is 2.19. The molecule has 3 aromatic carbocycles. The van der Waals surface area contributed by atoms with Gasteiger partial charge < -0.3 is 0 Å². The Kier molecular flexibility index (Phi) is 6.36. The summed E-state index contributed by atoms with van der Waals surface area (Å²) < 4.78 is 0. The number of carbonyl (C=O) groups is 1. The van der Waals surface area contributed by atoms with Gasteiger partial charge in [-0.2, -0.15) is 0 Å². The van der Waals surface area contributed by atoms with E-state index in [0.29, 0.717) is 5.02 Å². The molecule has 30 heavy (non-hydrogen) atoms. The quantitative estimate of drug-likeness (QED) is 0.315. The van der Waals surface area contributed by atoms with Gasteiger partial charge in [-0.3, -0.25) is 9.78 Å². The third kappa shape index (κ3) is 5.03. The molecule has 4 rings (SSSR count). The lowest BCUT2D eigenvalue weighted by molar-refractivity contribution is 0.112. The van der Waals surface area contributed by atoms with Crippen molar-refractivity contribution in [2.45, 2.75) is 19.3 Å². The number of hydrogen-bond acceptors (Lipinski definition) is 2. The lowest BCUT2D eigenvalue weighted by Crippen LogP contribution is -1.95. The summed E-state index contributed by atoms with van der Waals surface area (Å²) in [6.07, 6.45) is 7.68. The number of allylic oxidation sites excluding steroid dienone is 1. The summed E-state index contributed by atoms with van der Waals surface area (Å²) in [7, 11) is 0. The van der Waals surface area contributed by atoms with Crippen molar-refractivity contribution in [3.05, 3.63) is 118 Å². The molecular weight excluding hydrogens is 390 g/mol. The molecule has 0 aliphatic carbocycles. The zero-order chi connectivity index (χ0) is 20.8. The number of pyridine rings is 1. The van der Waals surface area contributed by atoms with Crippen molar-refractivity contribution in [3.8, 4) is 0 Å². The van der Waals surface area contributed by atoms with E-state index in [-0.39, 0.29) is 0 Å². The molecule has 0 fully saturated rings. The minimum Gasteiger partial charge on any atom is -0.298 e. The first-order valence-electron chi connectivity index (χ1n) is 10.0. The van der Waals surface area contributed by atoms with Crippen LogP contribution < -0.4 is 0 Å². The number of benzene rings is 3. The first-order chi connectivity index (χ1) is 14.7. The fraction of sp³-hybridized carbons (Fsp3) is 0.111. The lowest BCUT2D eigenvalue weighted by atomic mass is 10.0. The van der Waals surface area contributed by atoms with E-state index in [4.69, 9.17) is 16.6 Å². The normalized spacial score (nSPS) is 11.2. The summed E-state index contributed by atoms with van der Waals surface area (Å²) in [5.41, 5.74) is 6.23. The molecule has 0 bridgehead atoms. The molecule has 0 unspecified atom stereocenters. The van der Waals surface area contributed by atoms with Crippen LogP contribution in [0.5, 0.6) is 0 Å². The summed E-state index contributed by atoms with van der Waals surface area (Å²) in [6, 6.07) is 26.2. The maximum absolute atomic E-state index is 11.1. The van der Waals surface area contributed by atoms with E-state index in [1.165, 1.54) is 5.56 Å². The van der Waals surface area contributed by atoms with Crippen LogP contribution in [-0.2, 0) is 19.3 Å². The van der Waals surface area contributed by atoms with Gasteiger partial charge in [0.25, 0.3) is 0 Å². The van der Waals surface area contributed by atoms with Crippen molar-refractivity contribution in [3.63, 3.8) is 0 Å². The van der Waals surface area contributed by atoms with Gasteiger partial charge in [0.05, 0.1) is 5.52 Å². The molecule has 0 atom stereocenters. The summed E-state index contributed by atoms with van der Waals surface area (Å²) in [5.74, 6) is 0.